The Labute approximate surface area is 101 Å². The van der Waals surface area contributed by atoms with E-state index in [9.17, 15) is 14.7 Å². The number of piperidine rings is 1. The largest absolute Gasteiger partial charge is 0.481 e. The van der Waals surface area contributed by atoms with Crippen LogP contribution in [-0.4, -0.2) is 64.3 Å². The van der Waals surface area contributed by atoms with Crippen molar-refractivity contribution in [3.8, 4) is 0 Å². The molecule has 1 aliphatic heterocycles. The third-order valence-corrected chi connectivity index (χ3v) is 2.93. The van der Waals surface area contributed by atoms with Crippen molar-refractivity contribution >= 4 is 12.0 Å². The lowest BCUT2D eigenvalue weighted by molar-refractivity contribution is -0.137. The van der Waals surface area contributed by atoms with E-state index in [0.29, 0.717) is 19.5 Å². The number of aliphatic carboxylic acids is 1. The van der Waals surface area contributed by atoms with Gasteiger partial charge in [0.15, 0.2) is 0 Å². The summed E-state index contributed by atoms with van der Waals surface area (Å²) in [6.07, 6.45) is 1.40. The van der Waals surface area contributed by atoms with Gasteiger partial charge in [0.05, 0.1) is 18.6 Å². The number of urea groups is 1. The standard InChI is InChI=1S/C11H20N2O4/c1-11(17)5-3-6-13(8-11)10(16)12(2)7-4-9(14)15/h17H,3-8H2,1-2H3,(H,14,15). The van der Waals surface area contributed by atoms with Gasteiger partial charge in [-0.25, -0.2) is 4.79 Å². The molecule has 6 nitrogen and oxygen atoms in total. The Morgan fingerprint density at radius 1 is 1.47 bits per heavy atom. The summed E-state index contributed by atoms with van der Waals surface area (Å²) in [6.45, 7) is 2.83. The molecule has 0 radical (unpaired) electrons. The van der Waals surface area contributed by atoms with Gasteiger partial charge in [-0.1, -0.05) is 0 Å². The van der Waals surface area contributed by atoms with Gasteiger partial charge in [0.2, 0.25) is 0 Å². The summed E-state index contributed by atoms with van der Waals surface area (Å²) in [5.41, 5.74) is -0.832. The third kappa shape index (κ3) is 4.22. The summed E-state index contributed by atoms with van der Waals surface area (Å²) in [4.78, 5) is 25.3. The molecule has 2 N–H and O–H groups in total. The second kappa shape index (κ2) is 5.35. The molecule has 0 saturated carbocycles. The number of amides is 2. The zero-order valence-corrected chi connectivity index (χ0v) is 10.3. The highest BCUT2D eigenvalue weighted by molar-refractivity contribution is 5.75. The van der Waals surface area contributed by atoms with Crippen molar-refractivity contribution in [1.29, 1.82) is 0 Å². The van der Waals surface area contributed by atoms with Crippen LogP contribution in [0.15, 0.2) is 0 Å². The SMILES string of the molecule is CN(CCC(=O)O)C(=O)N1CCCC(C)(O)C1. The fraction of sp³-hybridized carbons (Fsp3) is 0.818. The van der Waals surface area contributed by atoms with Gasteiger partial charge in [0, 0.05) is 20.1 Å². The number of rotatable bonds is 3. The minimum absolute atomic E-state index is 0.0630. The number of carboxylic acid groups (broad SMARTS) is 1. The number of nitrogens with zero attached hydrogens (tertiary/aromatic N) is 2. The number of hydrogen-bond acceptors (Lipinski definition) is 3. The first kappa shape index (κ1) is 13.8. The summed E-state index contributed by atoms with van der Waals surface area (Å²) in [6, 6.07) is -0.216. The Kier molecular flexibility index (Phi) is 4.34. The van der Waals surface area contributed by atoms with E-state index < -0.39 is 11.6 Å². The maximum atomic E-state index is 11.9. The van der Waals surface area contributed by atoms with Crippen LogP contribution < -0.4 is 0 Å². The summed E-state index contributed by atoms with van der Waals surface area (Å²) in [7, 11) is 1.58. The first-order valence-electron chi connectivity index (χ1n) is 5.76. The van der Waals surface area contributed by atoms with Crippen LogP contribution in [0.25, 0.3) is 0 Å². The minimum Gasteiger partial charge on any atom is -0.481 e. The molecule has 0 aromatic carbocycles. The fourth-order valence-corrected chi connectivity index (χ4v) is 1.98. The van der Waals surface area contributed by atoms with Gasteiger partial charge >= 0.3 is 12.0 Å². The van der Waals surface area contributed by atoms with Crippen molar-refractivity contribution in [2.75, 3.05) is 26.7 Å². The van der Waals surface area contributed by atoms with Crippen molar-refractivity contribution in [3.05, 3.63) is 0 Å². The molecule has 6 heteroatoms. The molecule has 0 aliphatic carbocycles. The number of likely N-dealkylation sites (tertiary alicyclic amines) is 1. The highest BCUT2D eigenvalue weighted by atomic mass is 16.4. The monoisotopic (exact) mass is 244 g/mol. The number of carbonyl (C=O) groups excluding carboxylic acids is 1. The molecular weight excluding hydrogens is 224 g/mol. The molecule has 0 spiro atoms. The maximum absolute atomic E-state index is 11.9. The summed E-state index contributed by atoms with van der Waals surface area (Å²) in [5.74, 6) is -0.921. The maximum Gasteiger partial charge on any atom is 0.319 e. The van der Waals surface area contributed by atoms with Crippen molar-refractivity contribution in [1.82, 2.24) is 9.80 Å². The minimum atomic E-state index is -0.921. The molecule has 98 valence electrons. The molecule has 1 aliphatic rings. The average Bonchev–Trinajstić information content (AvgIpc) is 2.23. The van der Waals surface area contributed by atoms with E-state index >= 15 is 0 Å². The van der Waals surface area contributed by atoms with E-state index in [-0.39, 0.29) is 19.0 Å². The third-order valence-electron chi connectivity index (χ3n) is 2.93. The van der Waals surface area contributed by atoms with Gasteiger partial charge < -0.3 is 20.0 Å². The van der Waals surface area contributed by atoms with Crippen LogP contribution in [-0.2, 0) is 4.79 Å². The molecule has 1 heterocycles. The lowest BCUT2D eigenvalue weighted by Crippen LogP contribution is -2.52. The molecule has 0 aromatic rings. The van der Waals surface area contributed by atoms with Crippen molar-refractivity contribution < 1.29 is 19.8 Å². The molecule has 17 heavy (non-hydrogen) atoms. The number of carbonyl (C=O) groups is 2. The average molecular weight is 244 g/mol. The molecule has 1 unspecified atom stereocenters. The Hall–Kier alpha value is -1.30. The van der Waals surface area contributed by atoms with E-state index in [1.54, 1.807) is 18.9 Å². The Morgan fingerprint density at radius 2 is 2.12 bits per heavy atom. The van der Waals surface area contributed by atoms with E-state index in [1.165, 1.54) is 4.90 Å². The lowest BCUT2D eigenvalue weighted by Gasteiger charge is -2.38. The molecule has 0 aromatic heterocycles. The van der Waals surface area contributed by atoms with Crippen molar-refractivity contribution in [2.24, 2.45) is 0 Å². The van der Waals surface area contributed by atoms with Gasteiger partial charge in [-0.2, -0.15) is 0 Å². The number of hydrogen-bond donors (Lipinski definition) is 2. The zero-order valence-electron chi connectivity index (χ0n) is 10.3. The van der Waals surface area contributed by atoms with Gasteiger partial charge in [-0.05, 0) is 19.8 Å². The normalized spacial score (nSPS) is 24.5. The highest BCUT2D eigenvalue weighted by Crippen LogP contribution is 2.20. The second-order valence-electron chi connectivity index (χ2n) is 4.87. The van der Waals surface area contributed by atoms with Crippen molar-refractivity contribution in [2.45, 2.75) is 31.8 Å². The van der Waals surface area contributed by atoms with Gasteiger partial charge in [-0.15, -0.1) is 0 Å². The van der Waals surface area contributed by atoms with Gasteiger partial charge in [-0.3, -0.25) is 4.79 Å². The predicted octanol–water partition coefficient (Wildman–Crippen LogP) is 0.360. The molecule has 0 bridgehead atoms. The predicted molar refractivity (Wildman–Crippen MR) is 61.7 cm³/mol. The van der Waals surface area contributed by atoms with Crippen LogP contribution in [0.3, 0.4) is 0 Å². The Bertz CT molecular complexity index is 304. The molecule has 1 atom stereocenters. The van der Waals surface area contributed by atoms with Gasteiger partial charge in [0.25, 0.3) is 0 Å². The summed E-state index contributed by atoms with van der Waals surface area (Å²) >= 11 is 0. The van der Waals surface area contributed by atoms with E-state index in [1.807, 2.05) is 0 Å². The van der Waals surface area contributed by atoms with Crippen LogP contribution in [0.2, 0.25) is 0 Å². The Morgan fingerprint density at radius 3 is 2.65 bits per heavy atom. The summed E-state index contributed by atoms with van der Waals surface area (Å²) < 4.78 is 0. The second-order valence-corrected chi connectivity index (χ2v) is 4.87. The van der Waals surface area contributed by atoms with Crippen LogP contribution >= 0.6 is 0 Å². The van der Waals surface area contributed by atoms with Crippen LogP contribution in [0.4, 0.5) is 4.79 Å². The van der Waals surface area contributed by atoms with E-state index in [0.717, 1.165) is 6.42 Å². The summed E-state index contributed by atoms with van der Waals surface area (Å²) in [5, 5.41) is 18.4. The highest BCUT2D eigenvalue weighted by Gasteiger charge is 2.32. The van der Waals surface area contributed by atoms with Crippen LogP contribution in [0.1, 0.15) is 26.2 Å². The zero-order chi connectivity index (χ0) is 13.1. The smallest absolute Gasteiger partial charge is 0.319 e. The Balaban J connectivity index is 2.48. The van der Waals surface area contributed by atoms with Crippen LogP contribution in [0, 0.1) is 0 Å². The van der Waals surface area contributed by atoms with Crippen molar-refractivity contribution in [3.63, 3.8) is 0 Å². The first-order valence-corrected chi connectivity index (χ1v) is 5.76. The molecular formula is C11H20N2O4. The molecule has 1 saturated heterocycles. The topological polar surface area (TPSA) is 81.1 Å². The molecule has 2 amide bonds. The number of β-amino-alcohol motifs (C(OH)–C–C–N with tert-alkyl or cyclic N) is 1. The lowest BCUT2D eigenvalue weighted by atomic mass is 9.95. The van der Waals surface area contributed by atoms with Gasteiger partial charge in [0.1, 0.15) is 0 Å². The quantitative estimate of drug-likeness (QED) is 0.751. The van der Waals surface area contributed by atoms with E-state index in [4.69, 9.17) is 5.11 Å². The van der Waals surface area contributed by atoms with Crippen LogP contribution in [0.5, 0.6) is 0 Å². The molecule has 1 rings (SSSR count). The first-order chi connectivity index (χ1) is 7.82. The molecule has 1 fully saturated rings. The van der Waals surface area contributed by atoms with E-state index in [2.05, 4.69) is 0 Å². The fourth-order valence-electron chi connectivity index (χ4n) is 1.98. The number of carboxylic acids is 1. The number of aliphatic hydroxyl groups is 1.